The first-order chi connectivity index (χ1) is 17.0. The highest BCUT2D eigenvalue weighted by molar-refractivity contribution is 6.26. The summed E-state index contributed by atoms with van der Waals surface area (Å²) in [6, 6.07) is 11.2. The monoisotopic (exact) mass is 479 g/mol. The smallest absolute Gasteiger partial charge is 0.259 e. The number of methoxy groups -OCH3 is 1. The third-order valence-corrected chi connectivity index (χ3v) is 6.21. The number of H-pyrrole nitrogens is 1. The second-order valence-electron chi connectivity index (χ2n) is 8.36. The van der Waals surface area contributed by atoms with Gasteiger partial charge >= 0.3 is 0 Å². The Morgan fingerprint density at radius 1 is 1.17 bits per heavy atom. The van der Waals surface area contributed by atoms with Gasteiger partial charge < -0.3 is 24.7 Å². The topological polar surface area (TPSA) is 99.8 Å². The van der Waals surface area contributed by atoms with E-state index >= 15 is 0 Å². The minimum Gasteiger partial charge on any atom is -0.497 e. The Labute approximate surface area is 201 Å². The summed E-state index contributed by atoms with van der Waals surface area (Å²) in [5, 5.41) is 3.71. The number of aromatic nitrogens is 2. The molecule has 2 N–H and O–H groups in total. The van der Waals surface area contributed by atoms with E-state index in [2.05, 4.69) is 20.2 Å². The lowest BCUT2D eigenvalue weighted by molar-refractivity contribution is -0.112. The number of rotatable bonds is 7. The molecule has 3 heterocycles. The molecule has 0 bridgehead atoms. The van der Waals surface area contributed by atoms with Crippen LogP contribution in [0.4, 0.5) is 10.1 Å². The normalized spacial score (nSPS) is 16.9. The van der Waals surface area contributed by atoms with E-state index in [9.17, 15) is 14.0 Å². The number of morpholine rings is 1. The van der Waals surface area contributed by atoms with E-state index in [4.69, 9.17) is 9.47 Å². The number of anilines is 1. The lowest BCUT2D eigenvalue weighted by atomic mass is 10.1. The molecule has 1 fully saturated rings. The van der Waals surface area contributed by atoms with Crippen molar-refractivity contribution in [2.45, 2.75) is 0 Å². The van der Waals surface area contributed by atoms with E-state index in [0.717, 1.165) is 19.6 Å². The van der Waals surface area contributed by atoms with Gasteiger partial charge in [0.25, 0.3) is 5.56 Å². The minimum atomic E-state index is -0.446. The fourth-order valence-electron chi connectivity index (χ4n) is 4.39. The number of ether oxygens (including phenoxy) is 2. The predicted molar refractivity (Wildman–Crippen MR) is 130 cm³/mol. The number of aromatic amines is 1. The number of fused-ring (bicyclic) bond motifs is 1. The van der Waals surface area contributed by atoms with Gasteiger partial charge in [-0.05, 0) is 24.3 Å². The molecule has 182 valence electrons. The molecule has 9 nitrogen and oxygen atoms in total. The third kappa shape index (κ3) is 4.62. The average Bonchev–Trinajstić information content (AvgIpc) is 3.20. The van der Waals surface area contributed by atoms with Crippen molar-refractivity contribution >= 4 is 27.9 Å². The average molecular weight is 480 g/mol. The number of carbonyl (C=O) groups excluding carboxylic acids is 1. The van der Waals surface area contributed by atoms with Crippen molar-refractivity contribution < 1.29 is 18.7 Å². The van der Waals surface area contributed by atoms with Crippen LogP contribution < -0.4 is 20.5 Å². The maximum atomic E-state index is 14.7. The van der Waals surface area contributed by atoms with E-state index in [1.54, 1.807) is 41.3 Å². The fraction of sp³-hybridized carbons (Fsp3) is 0.320. The van der Waals surface area contributed by atoms with Gasteiger partial charge in [0.15, 0.2) is 5.78 Å². The van der Waals surface area contributed by atoms with Crippen LogP contribution in [0.25, 0.3) is 16.5 Å². The quantitative estimate of drug-likeness (QED) is 0.529. The SMILES string of the molecule is COc1ccc2c(=O)[nH]c(C3=C(NCCN4CCOCC4)N(c4ccccc4F)CC3=O)nc2c1. The first kappa shape index (κ1) is 23.0. The maximum absolute atomic E-state index is 14.7. The van der Waals surface area contributed by atoms with E-state index in [1.165, 1.54) is 13.2 Å². The summed E-state index contributed by atoms with van der Waals surface area (Å²) in [7, 11) is 1.53. The van der Waals surface area contributed by atoms with E-state index in [0.29, 0.717) is 42.2 Å². The Morgan fingerprint density at radius 2 is 1.97 bits per heavy atom. The lowest BCUT2D eigenvalue weighted by Gasteiger charge is -2.28. The number of carbonyl (C=O) groups is 1. The van der Waals surface area contributed by atoms with Gasteiger partial charge in [0.1, 0.15) is 28.8 Å². The van der Waals surface area contributed by atoms with Crippen molar-refractivity contribution in [3.05, 3.63) is 70.3 Å². The van der Waals surface area contributed by atoms with Crippen molar-refractivity contribution in [1.82, 2.24) is 20.2 Å². The maximum Gasteiger partial charge on any atom is 0.259 e. The van der Waals surface area contributed by atoms with E-state index < -0.39 is 5.82 Å². The number of benzene rings is 2. The Balaban J connectivity index is 1.56. The van der Waals surface area contributed by atoms with Gasteiger partial charge in [0, 0.05) is 32.2 Å². The lowest BCUT2D eigenvalue weighted by Crippen LogP contribution is -2.41. The molecule has 0 saturated carbocycles. The van der Waals surface area contributed by atoms with Crippen molar-refractivity contribution in [3.8, 4) is 5.75 Å². The molecule has 0 amide bonds. The molecular formula is C25H26FN5O4. The Kier molecular flexibility index (Phi) is 6.47. The molecule has 10 heteroatoms. The van der Waals surface area contributed by atoms with Gasteiger partial charge in [0.2, 0.25) is 0 Å². The van der Waals surface area contributed by atoms with Crippen molar-refractivity contribution in [2.75, 3.05) is 57.9 Å². The highest BCUT2D eigenvalue weighted by Crippen LogP contribution is 2.32. The summed E-state index contributed by atoms with van der Waals surface area (Å²) in [6.07, 6.45) is 0. The van der Waals surface area contributed by atoms with E-state index in [-0.39, 0.29) is 35.0 Å². The molecule has 2 aliphatic rings. The van der Waals surface area contributed by atoms with Crippen molar-refractivity contribution in [2.24, 2.45) is 0 Å². The van der Waals surface area contributed by atoms with Gasteiger partial charge in [0.05, 0.1) is 43.5 Å². The van der Waals surface area contributed by atoms with Crippen LogP contribution in [-0.2, 0) is 9.53 Å². The first-order valence-corrected chi connectivity index (χ1v) is 11.5. The van der Waals surface area contributed by atoms with Gasteiger partial charge in [-0.3, -0.25) is 14.5 Å². The highest BCUT2D eigenvalue weighted by Gasteiger charge is 2.34. The van der Waals surface area contributed by atoms with E-state index in [1.807, 2.05) is 0 Å². The van der Waals surface area contributed by atoms with Gasteiger partial charge in [-0.1, -0.05) is 12.1 Å². The second-order valence-corrected chi connectivity index (χ2v) is 8.36. The second kappa shape index (κ2) is 9.85. The minimum absolute atomic E-state index is 0.0734. The molecule has 0 spiro atoms. The molecule has 5 rings (SSSR count). The van der Waals surface area contributed by atoms with Crippen LogP contribution in [0.5, 0.6) is 5.75 Å². The third-order valence-electron chi connectivity index (χ3n) is 6.21. The number of nitrogens with one attached hydrogen (secondary N) is 2. The Hall–Kier alpha value is -3.76. The summed E-state index contributed by atoms with van der Waals surface area (Å²) in [5.74, 6) is 0.378. The summed E-state index contributed by atoms with van der Waals surface area (Å²) < 4.78 is 25.4. The van der Waals surface area contributed by atoms with Crippen molar-refractivity contribution in [1.29, 1.82) is 0 Å². The molecule has 1 aromatic heterocycles. The molecule has 1 saturated heterocycles. The molecule has 2 aliphatic heterocycles. The van der Waals surface area contributed by atoms with Crippen LogP contribution in [0.2, 0.25) is 0 Å². The molecule has 0 aliphatic carbocycles. The number of hydrogen-bond donors (Lipinski definition) is 2. The zero-order valence-corrected chi connectivity index (χ0v) is 19.3. The van der Waals surface area contributed by atoms with Crippen molar-refractivity contribution in [3.63, 3.8) is 0 Å². The number of para-hydroxylation sites is 1. The summed E-state index contributed by atoms with van der Waals surface area (Å²) >= 11 is 0. The number of halogens is 1. The van der Waals surface area contributed by atoms with Crippen LogP contribution in [-0.4, -0.2) is 73.7 Å². The zero-order valence-electron chi connectivity index (χ0n) is 19.3. The molecule has 2 aromatic carbocycles. The van der Waals surface area contributed by atoms with Crippen LogP contribution in [0.15, 0.2) is 53.1 Å². The molecule has 0 atom stereocenters. The standard InChI is InChI=1S/C25H26FN5O4/c1-34-16-6-7-17-19(14-16)28-23(29-25(17)33)22-21(32)15-31(20-5-3-2-4-18(20)26)24(22)27-8-9-30-10-12-35-13-11-30/h2-7,14,27H,8-13,15H2,1H3,(H,28,29,33). The fourth-order valence-corrected chi connectivity index (χ4v) is 4.39. The molecule has 35 heavy (non-hydrogen) atoms. The largest absolute Gasteiger partial charge is 0.497 e. The zero-order chi connectivity index (χ0) is 24.4. The molecule has 3 aromatic rings. The number of Topliss-reactive ketones (excluding diaryl/α,β-unsaturated/α-hetero) is 1. The number of nitrogens with zero attached hydrogens (tertiary/aromatic N) is 3. The summed E-state index contributed by atoms with van der Waals surface area (Å²) in [6.45, 7) is 4.17. The first-order valence-electron chi connectivity index (χ1n) is 11.5. The summed E-state index contributed by atoms with van der Waals surface area (Å²) in [4.78, 5) is 37.2. The number of hydrogen-bond acceptors (Lipinski definition) is 8. The van der Waals surface area contributed by atoms with Crippen LogP contribution in [0.3, 0.4) is 0 Å². The Bertz CT molecular complexity index is 1350. The summed E-state index contributed by atoms with van der Waals surface area (Å²) in [5.41, 5.74) is 0.525. The van der Waals surface area contributed by atoms with Gasteiger partial charge in [-0.2, -0.15) is 0 Å². The Morgan fingerprint density at radius 3 is 2.74 bits per heavy atom. The van der Waals surface area contributed by atoms with Crippen LogP contribution in [0.1, 0.15) is 5.82 Å². The van der Waals surface area contributed by atoms with Gasteiger partial charge in [-0.15, -0.1) is 0 Å². The predicted octanol–water partition coefficient (Wildman–Crippen LogP) is 1.75. The molecule has 0 radical (unpaired) electrons. The number of ketones is 1. The van der Waals surface area contributed by atoms with Crippen LogP contribution in [0, 0.1) is 5.82 Å². The van der Waals surface area contributed by atoms with Gasteiger partial charge in [-0.25, -0.2) is 9.37 Å². The highest BCUT2D eigenvalue weighted by atomic mass is 19.1. The molecule has 0 unspecified atom stereocenters. The molecular weight excluding hydrogens is 453 g/mol. The van der Waals surface area contributed by atoms with Crippen LogP contribution >= 0.6 is 0 Å².